The van der Waals surface area contributed by atoms with Crippen LogP contribution in [0.4, 0.5) is 18.9 Å². The standard InChI is InChI=1S/C26H26F3N7O2/c27-17-6-4-16(5-7-17)23-20(14-30-8-9-36-10-12-38-13-11-36)32-25(34-23)24-21(15-31-35-24)33-26(37)22-18(28)2-1-3-19(22)29/h1-7,15,30H,8-14H2,(H,31,35)(H,32,34)(H,33,37). The van der Waals surface area contributed by atoms with Gasteiger partial charge in [0, 0.05) is 38.3 Å². The van der Waals surface area contributed by atoms with Crippen molar-refractivity contribution >= 4 is 11.6 Å². The fourth-order valence-electron chi connectivity index (χ4n) is 4.24. The molecule has 1 aliphatic heterocycles. The molecular weight excluding hydrogens is 499 g/mol. The van der Waals surface area contributed by atoms with Gasteiger partial charge in [0.1, 0.15) is 28.7 Å². The summed E-state index contributed by atoms with van der Waals surface area (Å²) in [5.74, 6) is -2.94. The molecule has 38 heavy (non-hydrogen) atoms. The van der Waals surface area contributed by atoms with Gasteiger partial charge in [-0.15, -0.1) is 0 Å². The number of ether oxygens (including phenoxy) is 1. The minimum Gasteiger partial charge on any atom is -0.379 e. The first-order valence-electron chi connectivity index (χ1n) is 12.1. The number of carbonyl (C=O) groups excluding carboxylic acids is 1. The monoisotopic (exact) mass is 525 g/mol. The lowest BCUT2D eigenvalue weighted by atomic mass is 10.1. The summed E-state index contributed by atoms with van der Waals surface area (Å²) in [5, 5.41) is 12.6. The van der Waals surface area contributed by atoms with Gasteiger partial charge in [-0.05, 0) is 36.4 Å². The van der Waals surface area contributed by atoms with Gasteiger partial charge in [-0.2, -0.15) is 5.10 Å². The van der Waals surface area contributed by atoms with E-state index in [0.717, 1.165) is 57.2 Å². The number of halogens is 3. The summed E-state index contributed by atoms with van der Waals surface area (Å²) in [7, 11) is 0. The molecule has 0 bridgehead atoms. The van der Waals surface area contributed by atoms with Crippen LogP contribution in [-0.2, 0) is 11.3 Å². The van der Waals surface area contributed by atoms with Gasteiger partial charge in [0.05, 0.1) is 36.5 Å². The smallest absolute Gasteiger partial charge is 0.261 e. The molecule has 1 fully saturated rings. The van der Waals surface area contributed by atoms with Crippen LogP contribution in [0.5, 0.6) is 0 Å². The van der Waals surface area contributed by atoms with Crippen LogP contribution < -0.4 is 10.6 Å². The SMILES string of the molecule is O=C(Nc1cn[nH]c1-c1nc(-c2ccc(F)cc2)c(CNCCN2CCOCC2)[nH]1)c1c(F)cccc1F. The third kappa shape index (κ3) is 5.77. The number of aromatic nitrogens is 4. The summed E-state index contributed by atoms with van der Waals surface area (Å²) in [6, 6.07) is 9.16. The maximum absolute atomic E-state index is 14.1. The summed E-state index contributed by atoms with van der Waals surface area (Å²) in [5.41, 5.74) is 1.82. The third-order valence-electron chi connectivity index (χ3n) is 6.22. The van der Waals surface area contributed by atoms with Gasteiger partial charge in [-0.3, -0.25) is 14.8 Å². The van der Waals surface area contributed by atoms with Crippen LogP contribution >= 0.6 is 0 Å². The second-order valence-corrected chi connectivity index (χ2v) is 8.76. The number of imidazole rings is 1. The Bertz CT molecular complexity index is 1380. The number of anilines is 1. The van der Waals surface area contributed by atoms with Crippen molar-refractivity contribution in [1.29, 1.82) is 0 Å². The fourth-order valence-corrected chi connectivity index (χ4v) is 4.24. The molecule has 0 saturated carbocycles. The highest BCUT2D eigenvalue weighted by atomic mass is 19.1. The van der Waals surface area contributed by atoms with Crippen LogP contribution in [0.25, 0.3) is 22.8 Å². The number of benzene rings is 2. The lowest BCUT2D eigenvalue weighted by molar-refractivity contribution is 0.0384. The Morgan fingerprint density at radius 3 is 2.53 bits per heavy atom. The first-order valence-corrected chi connectivity index (χ1v) is 12.1. The predicted molar refractivity (Wildman–Crippen MR) is 135 cm³/mol. The van der Waals surface area contributed by atoms with Gasteiger partial charge in [0.25, 0.3) is 5.91 Å². The molecule has 1 amide bonds. The molecule has 1 aliphatic rings. The zero-order chi connectivity index (χ0) is 26.5. The molecule has 0 aliphatic carbocycles. The van der Waals surface area contributed by atoms with E-state index in [0.29, 0.717) is 29.3 Å². The summed E-state index contributed by atoms with van der Waals surface area (Å²) < 4.78 is 47.2. The van der Waals surface area contributed by atoms with E-state index in [9.17, 15) is 18.0 Å². The molecule has 198 valence electrons. The van der Waals surface area contributed by atoms with Crippen LogP contribution in [0.1, 0.15) is 16.1 Å². The molecule has 2 aromatic carbocycles. The molecule has 4 N–H and O–H groups in total. The number of hydrogen-bond acceptors (Lipinski definition) is 6. The number of nitrogens with one attached hydrogen (secondary N) is 4. The minimum atomic E-state index is -0.977. The van der Waals surface area contributed by atoms with E-state index >= 15 is 0 Å². The van der Waals surface area contributed by atoms with Gasteiger partial charge in [0.15, 0.2) is 5.82 Å². The van der Waals surface area contributed by atoms with E-state index < -0.39 is 23.1 Å². The maximum atomic E-state index is 14.1. The maximum Gasteiger partial charge on any atom is 0.261 e. The number of nitrogens with zero attached hydrogens (tertiary/aromatic N) is 3. The van der Waals surface area contributed by atoms with Gasteiger partial charge in [0.2, 0.25) is 0 Å². The normalized spacial score (nSPS) is 14.1. The van der Waals surface area contributed by atoms with Crippen LogP contribution in [0.15, 0.2) is 48.7 Å². The Morgan fingerprint density at radius 2 is 1.79 bits per heavy atom. The van der Waals surface area contributed by atoms with Crippen molar-refractivity contribution in [2.75, 3.05) is 44.7 Å². The molecule has 4 aromatic rings. The highest BCUT2D eigenvalue weighted by molar-refractivity contribution is 6.06. The van der Waals surface area contributed by atoms with E-state index in [1.54, 1.807) is 12.1 Å². The number of morpholine rings is 1. The molecular formula is C26H26F3N7O2. The Labute approximate surface area is 216 Å². The molecule has 0 unspecified atom stereocenters. The van der Waals surface area contributed by atoms with Crippen LogP contribution in [-0.4, -0.2) is 70.4 Å². The van der Waals surface area contributed by atoms with Crippen molar-refractivity contribution in [3.8, 4) is 22.8 Å². The molecule has 2 aromatic heterocycles. The Morgan fingerprint density at radius 1 is 1.05 bits per heavy atom. The lowest BCUT2D eigenvalue weighted by Crippen LogP contribution is -2.40. The van der Waals surface area contributed by atoms with Crippen molar-refractivity contribution in [2.45, 2.75) is 6.54 Å². The molecule has 12 heteroatoms. The highest BCUT2D eigenvalue weighted by Gasteiger charge is 2.22. The van der Waals surface area contributed by atoms with E-state index in [-0.39, 0.29) is 11.5 Å². The average Bonchev–Trinajstić information content (AvgIpc) is 3.54. The number of hydrogen-bond donors (Lipinski definition) is 4. The minimum absolute atomic E-state index is 0.184. The second kappa shape index (κ2) is 11.6. The van der Waals surface area contributed by atoms with E-state index in [1.165, 1.54) is 24.4 Å². The molecule has 0 spiro atoms. The summed E-state index contributed by atoms with van der Waals surface area (Å²) >= 11 is 0. The number of H-pyrrole nitrogens is 2. The van der Waals surface area contributed by atoms with Crippen molar-refractivity contribution in [2.24, 2.45) is 0 Å². The molecule has 0 atom stereocenters. The highest BCUT2D eigenvalue weighted by Crippen LogP contribution is 2.29. The van der Waals surface area contributed by atoms with Gasteiger partial charge >= 0.3 is 0 Å². The van der Waals surface area contributed by atoms with Gasteiger partial charge in [-0.25, -0.2) is 18.2 Å². The number of amides is 1. The Kier molecular flexibility index (Phi) is 7.82. The van der Waals surface area contributed by atoms with Gasteiger partial charge < -0.3 is 20.4 Å². The van der Waals surface area contributed by atoms with Crippen molar-refractivity contribution < 1.29 is 22.7 Å². The first-order chi connectivity index (χ1) is 18.5. The molecule has 5 rings (SSSR count). The van der Waals surface area contributed by atoms with E-state index in [2.05, 4.69) is 35.7 Å². The topological polar surface area (TPSA) is 111 Å². The average molecular weight is 526 g/mol. The summed E-state index contributed by atoms with van der Waals surface area (Å²) in [6.07, 6.45) is 1.33. The summed E-state index contributed by atoms with van der Waals surface area (Å²) in [6.45, 7) is 5.27. The fraction of sp³-hybridized carbons (Fsp3) is 0.269. The van der Waals surface area contributed by atoms with Crippen LogP contribution in [0, 0.1) is 17.5 Å². The van der Waals surface area contributed by atoms with E-state index in [1.807, 2.05) is 0 Å². The van der Waals surface area contributed by atoms with Crippen LogP contribution in [0.2, 0.25) is 0 Å². The Hall–Kier alpha value is -4.00. The quantitative estimate of drug-likeness (QED) is 0.249. The zero-order valence-electron chi connectivity index (χ0n) is 20.4. The molecule has 0 radical (unpaired) electrons. The number of carbonyl (C=O) groups is 1. The van der Waals surface area contributed by atoms with Gasteiger partial charge in [-0.1, -0.05) is 6.07 Å². The largest absolute Gasteiger partial charge is 0.379 e. The van der Waals surface area contributed by atoms with Crippen molar-refractivity contribution in [3.63, 3.8) is 0 Å². The Balaban J connectivity index is 1.37. The predicted octanol–water partition coefficient (Wildman–Crippen LogP) is 3.56. The number of rotatable bonds is 9. The van der Waals surface area contributed by atoms with Crippen LogP contribution in [0.3, 0.4) is 0 Å². The summed E-state index contributed by atoms with van der Waals surface area (Å²) in [4.78, 5) is 22.9. The number of aromatic amines is 2. The first kappa shape index (κ1) is 25.6. The molecule has 9 nitrogen and oxygen atoms in total. The van der Waals surface area contributed by atoms with E-state index in [4.69, 9.17) is 4.74 Å². The van der Waals surface area contributed by atoms with Crippen molar-refractivity contribution in [3.05, 3.63) is 77.4 Å². The lowest BCUT2D eigenvalue weighted by Gasteiger charge is -2.26. The molecule has 3 heterocycles. The third-order valence-corrected chi connectivity index (χ3v) is 6.22. The zero-order valence-corrected chi connectivity index (χ0v) is 20.4. The second-order valence-electron chi connectivity index (χ2n) is 8.76. The van der Waals surface area contributed by atoms with Crippen molar-refractivity contribution in [1.82, 2.24) is 30.4 Å². The molecule has 1 saturated heterocycles.